The van der Waals surface area contributed by atoms with Crippen molar-refractivity contribution in [3.63, 3.8) is 0 Å². The van der Waals surface area contributed by atoms with Gasteiger partial charge >= 0.3 is 0 Å². The van der Waals surface area contributed by atoms with E-state index in [4.69, 9.17) is 16.3 Å². The van der Waals surface area contributed by atoms with Gasteiger partial charge in [-0.3, -0.25) is 4.79 Å². The molecule has 0 fully saturated rings. The molecule has 3 rings (SSSR count). The minimum absolute atomic E-state index is 0.0373. The summed E-state index contributed by atoms with van der Waals surface area (Å²) in [6, 6.07) is 13.0. The van der Waals surface area contributed by atoms with Crippen molar-refractivity contribution in [1.82, 2.24) is 4.90 Å². The highest BCUT2D eigenvalue weighted by Gasteiger charge is 2.21. The van der Waals surface area contributed by atoms with Gasteiger partial charge in [-0.1, -0.05) is 29.8 Å². The molecule has 2 aromatic rings. The van der Waals surface area contributed by atoms with Crippen molar-refractivity contribution in [3.05, 3.63) is 63.1 Å². The van der Waals surface area contributed by atoms with E-state index in [0.717, 1.165) is 15.8 Å². The molecular weight excluding hydrogens is 354 g/mol. The third-order valence-electron chi connectivity index (χ3n) is 3.41. The predicted molar refractivity (Wildman–Crippen MR) is 85.8 cm³/mol. The van der Waals surface area contributed by atoms with Gasteiger partial charge in [-0.25, -0.2) is 0 Å². The Kier molecular flexibility index (Phi) is 4.17. The summed E-state index contributed by atoms with van der Waals surface area (Å²) in [5, 5.41) is 0.535. The molecule has 1 heterocycles. The van der Waals surface area contributed by atoms with Gasteiger partial charge in [0.05, 0.1) is 11.6 Å². The van der Waals surface area contributed by atoms with Crippen molar-refractivity contribution < 1.29 is 9.53 Å². The summed E-state index contributed by atoms with van der Waals surface area (Å²) in [5.74, 6) is 0.811. The fourth-order valence-corrected chi connectivity index (χ4v) is 2.74. The summed E-state index contributed by atoms with van der Waals surface area (Å²) in [7, 11) is 0. The quantitative estimate of drug-likeness (QED) is 0.759. The lowest BCUT2D eigenvalue weighted by Crippen LogP contribution is -2.32. The lowest BCUT2D eigenvalue weighted by atomic mass is 10.1. The Balaban J connectivity index is 1.86. The van der Waals surface area contributed by atoms with E-state index in [1.165, 1.54) is 0 Å². The Labute approximate surface area is 136 Å². The summed E-state index contributed by atoms with van der Waals surface area (Å²) in [4.78, 5) is 14.4. The molecule has 0 aliphatic carbocycles. The van der Waals surface area contributed by atoms with Crippen LogP contribution in [0.1, 0.15) is 15.9 Å². The van der Waals surface area contributed by atoms with Crippen LogP contribution in [0, 0.1) is 0 Å². The van der Waals surface area contributed by atoms with Gasteiger partial charge < -0.3 is 9.64 Å². The van der Waals surface area contributed by atoms with Crippen molar-refractivity contribution in [2.24, 2.45) is 0 Å². The van der Waals surface area contributed by atoms with E-state index in [9.17, 15) is 4.79 Å². The van der Waals surface area contributed by atoms with Gasteiger partial charge in [-0.15, -0.1) is 0 Å². The third-order valence-corrected chi connectivity index (χ3v) is 4.64. The highest BCUT2D eigenvalue weighted by atomic mass is 79.9. The molecule has 5 heteroatoms. The number of fused-ring (bicyclic) bond motifs is 1. The molecule has 0 atom stereocenters. The van der Waals surface area contributed by atoms with E-state index in [1.807, 2.05) is 24.3 Å². The number of hydrogen-bond donors (Lipinski definition) is 0. The summed E-state index contributed by atoms with van der Waals surface area (Å²) < 4.78 is 6.46. The number of rotatable bonds is 1. The highest BCUT2D eigenvalue weighted by molar-refractivity contribution is 9.10. The summed E-state index contributed by atoms with van der Waals surface area (Å²) in [6.07, 6.45) is 0. The van der Waals surface area contributed by atoms with Crippen LogP contribution in [0.4, 0.5) is 0 Å². The number of carbonyl (C=O) groups excluding carboxylic acids is 1. The maximum Gasteiger partial charge on any atom is 0.254 e. The molecule has 1 amide bonds. The van der Waals surface area contributed by atoms with Gasteiger partial charge in [0.15, 0.2) is 0 Å². The van der Waals surface area contributed by atoms with E-state index in [0.29, 0.717) is 30.3 Å². The van der Waals surface area contributed by atoms with Crippen LogP contribution in [0.2, 0.25) is 5.02 Å². The number of amides is 1. The number of benzene rings is 2. The van der Waals surface area contributed by atoms with Crippen LogP contribution in [0.3, 0.4) is 0 Å². The minimum atomic E-state index is -0.0373. The second kappa shape index (κ2) is 6.08. The number of para-hydroxylation sites is 1. The molecule has 108 valence electrons. The van der Waals surface area contributed by atoms with Gasteiger partial charge in [-0.2, -0.15) is 0 Å². The van der Waals surface area contributed by atoms with E-state index in [-0.39, 0.29) is 5.91 Å². The molecule has 0 saturated carbocycles. The van der Waals surface area contributed by atoms with Crippen molar-refractivity contribution in [2.75, 3.05) is 13.2 Å². The number of hydrogen-bond acceptors (Lipinski definition) is 2. The van der Waals surface area contributed by atoms with Crippen LogP contribution >= 0.6 is 27.5 Å². The lowest BCUT2D eigenvalue weighted by Gasteiger charge is -2.20. The molecule has 3 nitrogen and oxygen atoms in total. The highest BCUT2D eigenvalue weighted by Crippen LogP contribution is 2.26. The molecule has 21 heavy (non-hydrogen) atoms. The summed E-state index contributed by atoms with van der Waals surface area (Å²) in [5.41, 5.74) is 1.61. The molecule has 1 aliphatic rings. The Bertz CT molecular complexity index is 690. The Morgan fingerprint density at radius 1 is 1.24 bits per heavy atom. The van der Waals surface area contributed by atoms with Crippen LogP contribution in [-0.2, 0) is 6.54 Å². The zero-order chi connectivity index (χ0) is 14.8. The largest absolute Gasteiger partial charge is 0.491 e. The SMILES string of the molecule is O=C(c1ccc(Br)c(Cl)c1)N1CCOc2ccccc2C1. The zero-order valence-electron chi connectivity index (χ0n) is 11.2. The summed E-state index contributed by atoms with van der Waals surface area (Å²) >= 11 is 9.40. The molecule has 0 spiro atoms. The van der Waals surface area contributed by atoms with Crippen LogP contribution in [0.5, 0.6) is 5.75 Å². The fourth-order valence-electron chi connectivity index (χ4n) is 2.31. The number of carbonyl (C=O) groups is 1. The van der Waals surface area contributed by atoms with Crippen molar-refractivity contribution in [3.8, 4) is 5.75 Å². The molecule has 0 bridgehead atoms. The fraction of sp³-hybridized carbons (Fsp3) is 0.188. The van der Waals surface area contributed by atoms with Crippen LogP contribution in [-0.4, -0.2) is 24.0 Å². The number of nitrogens with zero attached hydrogens (tertiary/aromatic N) is 1. The van der Waals surface area contributed by atoms with Crippen LogP contribution in [0.15, 0.2) is 46.9 Å². The van der Waals surface area contributed by atoms with E-state index >= 15 is 0 Å². The smallest absolute Gasteiger partial charge is 0.254 e. The predicted octanol–water partition coefficient (Wildman–Crippen LogP) is 4.14. The molecule has 0 aromatic heterocycles. The van der Waals surface area contributed by atoms with E-state index < -0.39 is 0 Å². The van der Waals surface area contributed by atoms with Crippen LogP contribution < -0.4 is 4.74 Å². The Morgan fingerprint density at radius 3 is 2.86 bits per heavy atom. The Morgan fingerprint density at radius 2 is 2.05 bits per heavy atom. The second-order valence-corrected chi connectivity index (χ2v) is 6.07. The monoisotopic (exact) mass is 365 g/mol. The molecule has 2 aromatic carbocycles. The van der Waals surface area contributed by atoms with E-state index in [2.05, 4.69) is 15.9 Å². The first kappa shape index (κ1) is 14.4. The van der Waals surface area contributed by atoms with Crippen LogP contribution in [0.25, 0.3) is 0 Å². The average Bonchev–Trinajstić information content (AvgIpc) is 2.71. The van der Waals surface area contributed by atoms with E-state index in [1.54, 1.807) is 23.1 Å². The standard InChI is InChI=1S/C16H13BrClNO2/c17-13-6-5-11(9-14(13)18)16(20)19-7-8-21-15-4-2-1-3-12(15)10-19/h1-6,9H,7-8,10H2. The topological polar surface area (TPSA) is 29.5 Å². The molecular formula is C16H13BrClNO2. The molecule has 0 saturated heterocycles. The maximum absolute atomic E-state index is 12.6. The van der Waals surface area contributed by atoms with Gasteiger partial charge in [0.2, 0.25) is 0 Å². The molecule has 0 unspecified atom stereocenters. The molecule has 0 N–H and O–H groups in total. The van der Waals surface area contributed by atoms with Gasteiger partial charge in [0.25, 0.3) is 5.91 Å². The zero-order valence-corrected chi connectivity index (χ0v) is 13.5. The third kappa shape index (κ3) is 3.06. The second-order valence-electron chi connectivity index (χ2n) is 4.81. The number of halogens is 2. The van der Waals surface area contributed by atoms with Crippen molar-refractivity contribution >= 4 is 33.4 Å². The Hall–Kier alpha value is -1.52. The average molecular weight is 367 g/mol. The van der Waals surface area contributed by atoms with Crippen molar-refractivity contribution in [2.45, 2.75) is 6.54 Å². The normalized spacial score (nSPS) is 14.1. The maximum atomic E-state index is 12.6. The van der Waals surface area contributed by atoms with Gasteiger partial charge in [-0.05, 0) is 40.2 Å². The first-order valence-corrected chi connectivity index (χ1v) is 7.77. The number of ether oxygens (including phenoxy) is 1. The van der Waals surface area contributed by atoms with Gasteiger partial charge in [0, 0.05) is 22.1 Å². The first-order valence-electron chi connectivity index (χ1n) is 6.60. The molecule has 1 aliphatic heterocycles. The lowest BCUT2D eigenvalue weighted by molar-refractivity contribution is 0.0733. The molecule has 0 radical (unpaired) electrons. The van der Waals surface area contributed by atoms with Crippen molar-refractivity contribution in [1.29, 1.82) is 0 Å². The van der Waals surface area contributed by atoms with Gasteiger partial charge in [0.1, 0.15) is 12.4 Å². The summed E-state index contributed by atoms with van der Waals surface area (Å²) in [6.45, 7) is 1.59. The first-order chi connectivity index (χ1) is 10.1. The minimum Gasteiger partial charge on any atom is -0.491 e.